The van der Waals surface area contributed by atoms with Crippen molar-refractivity contribution in [2.75, 3.05) is 7.11 Å². The molecule has 0 radical (unpaired) electrons. The lowest BCUT2D eigenvalue weighted by Gasteiger charge is -2.18. The number of carbonyl (C=O) groups is 1. The normalized spacial score (nSPS) is 11.2. The van der Waals surface area contributed by atoms with E-state index in [0.29, 0.717) is 5.56 Å². The molecule has 0 amide bonds. The van der Waals surface area contributed by atoms with Gasteiger partial charge in [-0.05, 0) is 17.2 Å². The Morgan fingerprint density at radius 3 is 2.29 bits per heavy atom. The largest absolute Gasteiger partial charge is 0.504 e. The summed E-state index contributed by atoms with van der Waals surface area (Å²) in [6.07, 6.45) is -4.71. The van der Waals surface area contributed by atoms with E-state index in [4.69, 9.17) is 0 Å². The molecule has 0 saturated heterocycles. The van der Waals surface area contributed by atoms with Crippen molar-refractivity contribution in [1.82, 2.24) is 0 Å². The topological polar surface area (TPSA) is 46.5 Å². The van der Waals surface area contributed by atoms with Crippen molar-refractivity contribution in [2.24, 2.45) is 0 Å². The standard InChI is InChI=1S/C15H11F3O3/c1-21-14-12(20)7-10(9-5-3-2-4-6-9)11(8-19)13(14)15(16,17)18/h2-8,20H,1H3. The summed E-state index contributed by atoms with van der Waals surface area (Å²) in [5.74, 6) is -1.43. The van der Waals surface area contributed by atoms with Crippen molar-refractivity contribution in [3.05, 3.63) is 47.5 Å². The molecule has 0 aliphatic rings. The minimum absolute atomic E-state index is 0.00350. The van der Waals surface area contributed by atoms with Crippen molar-refractivity contribution in [3.8, 4) is 22.6 Å². The lowest BCUT2D eigenvalue weighted by Crippen LogP contribution is -2.12. The van der Waals surface area contributed by atoms with Crippen LogP contribution in [0.25, 0.3) is 11.1 Å². The van der Waals surface area contributed by atoms with Crippen LogP contribution in [0.5, 0.6) is 11.5 Å². The van der Waals surface area contributed by atoms with Gasteiger partial charge in [0.1, 0.15) is 5.56 Å². The van der Waals surface area contributed by atoms with Crippen molar-refractivity contribution in [1.29, 1.82) is 0 Å². The molecule has 0 fully saturated rings. The van der Waals surface area contributed by atoms with Crippen molar-refractivity contribution in [3.63, 3.8) is 0 Å². The molecule has 3 nitrogen and oxygen atoms in total. The SMILES string of the molecule is COc1c(O)cc(-c2ccccc2)c(C=O)c1C(F)(F)F. The molecular formula is C15H11F3O3. The second kappa shape index (κ2) is 5.47. The monoisotopic (exact) mass is 296 g/mol. The number of rotatable bonds is 3. The van der Waals surface area contributed by atoms with Gasteiger partial charge in [-0.1, -0.05) is 30.3 Å². The molecule has 0 aromatic heterocycles. The third-order valence-electron chi connectivity index (χ3n) is 2.99. The van der Waals surface area contributed by atoms with Gasteiger partial charge in [0.05, 0.1) is 7.11 Å². The maximum absolute atomic E-state index is 13.2. The van der Waals surface area contributed by atoms with Gasteiger partial charge in [0.2, 0.25) is 0 Å². The molecule has 0 saturated carbocycles. The lowest BCUT2D eigenvalue weighted by molar-refractivity contribution is -0.139. The molecule has 0 bridgehead atoms. The summed E-state index contributed by atoms with van der Waals surface area (Å²) < 4.78 is 44.2. The number of hydrogen-bond acceptors (Lipinski definition) is 3. The van der Waals surface area contributed by atoms with Gasteiger partial charge in [-0.3, -0.25) is 4.79 Å². The van der Waals surface area contributed by atoms with Gasteiger partial charge in [0.25, 0.3) is 0 Å². The van der Waals surface area contributed by atoms with E-state index in [0.717, 1.165) is 13.2 Å². The number of halogens is 3. The zero-order valence-corrected chi connectivity index (χ0v) is 10.9. The average Bonchev–Trinajstić information content (AvgIpc) is 2.46. The summed E-state index contributed by atoms with van der Waals surface area (Å²) in [6, 6.07) is 9.13. The Bertz CT molecular complexity index is 664. The van der Waals surface area contributed by atoms with Gasteiger partial charge < -0.3 is 9.84 Å². The molecule has 0 atom stereocenters. The third kappa shape index (κ3) is 2.69. The maximum atomic E-state index is 13.2. The fourth-order valence-electron chi connectivity index (χ4n) is 2.13. The third-order valence-corrected chi connectivity index (χ3v) is 2.99. The van der Waals surface area contributed by atoms with Gasteiger partial charge in [-0.2, -0.15) is 13.2 Å². The summed E-state index contributed by atoms with van der Waals surface area (Å²) in [5.41, 5.74) is -1.46. The Balaban J connectivity index is 2.86. The van der Waals surface area contributed by atoms with E-state index in [1.165, 1.54) is 0 Å². The van der Waals surface area contributed by atoms with E-state index < -0.39 is 28.8 Å². The Hall–Kier alpha value is -2.50. The van der Waals surface area contributed by atoms with Crippen LogP contribution in [0.4, 0.5) is 13.2 Å². The van der Waals surface area contributed by atoms with E-state index >= 15 is 0 Å². The zero-order chi connectivity index (χ0) is 15.6. The summed E-state index contributed by atoms with van der Waals surface area (Å²) in [7, 11) is 1.00. The van der Waals surface area contributed by atoms with Crippen LogP contribution in [-0.4, -0.2) is 18.5 Å². The summed E-state index contributed by atoms with van der Waals surface area (Å²) in [6.45, 7) is 0. The molecule has 6 heteroatoms. The Morgan fingerprint density at radius 2 is 1.81 bits per heavy atom. The van der Waals surface area contributed by atoms with E-state index in [-0.39, 0.29) is 11.8 Å². The maximum Gasteiger partial charge on any atom is 0.420 e. The van der Waals surface area contributed by atoms with Crippen molar-refractivity contribution < 1.29 is 27.8 Å². The second-order valence-corrected chi connectivity index (χ2v) is 4.25. The Kier molecular flexibility index (Phi) is 3.88. The predicted molar refractivity (Wildman–Crippen MR) is 70.5 cm³/mol. The lowest BCUT2D eigenvalue weighted by atomic mass is 9.94. The summed E-state index contributed by atoms with van der Waals surface area (Å²) in [4.78, 5) is 11.2. The molecule has 0 unspecified atom stereocenters. The number of hydrogen-bond donors (Lipinski definition) is 1. The van der Waals surface area contributed by atoms with Crippen molar-refractivity contribution >= 4 is 6.29 Å². The van der Waals surface area contributed by atoms with Crippen LogP contribution < -0.4 is 4.74 Å². The Labute approximate surface area is 118 Å². The summed E-state index contributed by atoms with van der Waals surface area (Å²) in [5, 5.41) is 9.78. The highest BCUT2D eigenvalue weighted by Gasteiger charge is 2.40. The van der Waals surface area contributed by atoms with E-state index in [2.05, 4.69) is 4.74 Å². The number of alkyl halides is 3. The van der Waals surface area contributed by atoms with Crippen LogP contribution >= 0.6 is 0 Å². The smallest absolute Gasteiger partial charge is 0.420 e. The van der Waals surface area contributed by atoms with Gasteiger partial charge in [-0.25, -0.2) is 0 Å². The van der Waals surface area contributed by atoms with Crippen molar-refractivity contribution in [2.45, 2.75) is 6.18 Å². The second-order valence-electron chi connectivity index (χ2n) is 4.25. The molecule has 2 rings (SSSR count). The molecule has 110 valence electrons. The highest BCUT2D eigenvalue weighted by Crippen LogP contribution is 2.46. The van der Waals surface area contributed by atoms with Gasteiger partial charge in [0, 0.05) is 5.56 Å². The van der Waals surface area contributed by atoms with Crippen LogP contribution in [0, 0.1) is 0 Å². The highest BCUT2D eigenvalue weighted by molar-refractivity contribution is 5.92. The molecule has 2 aromatic carbocycles. The molecule has 0 spiro atoms. The molecule has 1 N–H and O–H groups in total. The van der Waals surface area contributed by atoms with Crippen LogP contribution in [0.15, 0.2) is 36.4 Å². The molecule has 0 aliphatic carbocycles. The number of aromatic hydroxyl groups is 1. The number of aldehydes is 1. The Morgan fingerprint density at radius 1 is 1.19 bits per heavy atom. The first-order valence-corrected chi connectivity index (χ1v) is 5.92. The number of benzene rings is 2. The van der Waals surface area contributed by atoms with Crippen LogP contribution in [0.1, 0.15) is 15.9 Å². The minimum Gasteiger partial charge on any atom is -0.504 e. The number of methoxy groups -OCH3 is 1. The average molecular weight is 296 g/mol. The fourth-order valence-corrected chi connectivity index (χ4v) is 2.13. The molecule has 21 heavy (non-hydrogen) atoms. The van der Waals surface area contributed by atoms with Crippen LogP contribution in [0.2, 0.25) is 0 Å². The zero-order valence-electron chi connectivity index (χ0n) is 10.9. The first-order valence-electron chi connectivity index (χ1n) is 5.92. The molecule has 0 heterocycles. The quantitative estimate of drug-likeness (QED) is 0.874. The number of carbonyl (C=O) groups excluding carboxylic acids is 1. The first-order chi connectivity index (χ1) is 9.90. The molecular weight excluding hydrogens is 285 g/mol. The molecule has 0 aliphatic heterocycles. The van der Waals surface area contributed by atoms with Gasteiger partial charge in [-0.15, -0.1) is 0 Å². The first kappa shape index (κ1) is 14.9. The van der Waals surface area contributed by atoms with E-state index in [9.17, 15) is 23.1 Å². The molecule has 2 aromatic rings. The van der Waals surface area contributed by atoms with Gasteiger partial charge >= 0.3 is 6.18 Å². The van der Waals surface area contributed by atoms with Crippen LogP contribution in [0.3, 0.4) is 0 Å². The van der Waals surface area contributed by atoms with Crippen LogP contribution in [-0.2, 0) is 6.18 Å². The highest BCUT2D eigenvalue weighted by atomic mass is 19.4. The number of phenols is 1. The minimum atomic E-state index is -4.83. The van der Waals surface area contributed by atoms with E-state index in [1.54, 1.807) is 30.3 Å². The fraction of sp³-hybridized carbons (Fsp3) is 0.133. The number of phenolic OH excluding ortho intramolecular Hbond substituents is 1. The number of ether oxygens (including phenoxy) is 1. The van der Waals surface area contributed by atoms with E-state index in [1.807, 2.05) is 0 Å². The van der Waals surface area contributed by atoms with Gasteiger partial charge in [0.15, 0.2) is 17.8 Å². The predicted octanol–water partition coefficient (Wildman–Crippen LogP) is 3.90. The summed E-state index contributed by atoms with van der Waals surface area (Å²) >= 11 is 0.